The summed E-state index contributed by atoms with van der Waals surface area (Å²) in [6, 6.07) is 0. The van der Waals surface area contributed by atoms with Crippen LogP contribution in [0, 0.1) is 11.8 Å². The molecule has 24 heavy (non-hydrogen) atoms. The van der Waals surface area contributed by atoms with Gasteiger partial charge >= 0.3 is 0 Å². The molecule has 6 heteroatoms. The van der Waals surface area contributed by atoms with Gasteiger partial charge in [0.1, 0.15) is 17.8 Å². The average molecular weight is 334 g/mol. The molecule has 5 nitrogen and oxygen atoms in total. The van der Waals surface area contributed by atoms with Crippen molar-refractivity contribution in [1.82, 2.24) is 15.0 Å². The molecule has 2 aliphatic carbocycles. The van der Waals surface area contributed by atoms with E-state index in [1.165, 1.54) is 12.8 Å². The van der Waals surface area contributed by atoms with E-state index >= 15 is 0 Å². The third-order valence-corrected chi connectivity index (χ3v) is 4.63. The van der Waals surface area contributed by atoms with Crippen molar-refractivity contribution in [2.45, 2.75) is 64.9 Å². The number of hydrogen-bond acceptors (Lipinski definition) is 5. The first-order valence-corrected chi connectivity index (χ1v) is 9.08. The summed E-state index contributed by atoms with van der Waals surface area (Å²) in [5.41, 5.74) is 0.441. The van der Waals surface area contributed by atoms with E-state index in [4.69, 9.17) is 0 Å². The Morgan fingerprint density at radius 1 is 1.21 bits per heavy atom. The van der Waals surface area contributed by atoms with Gasteiger partial charge in [0.05, 0.1) is 0 Å². The lowest BCUT2D eigenvalue weighted by Crippen LogP contribution is -2.17. The van der Waals surface area contributed by atoms with Crippen LogP contribution in [0.4, 0.5) is 10.3 Å². The Bertz CT molecular complexity index is 589. The summed E-state index contributed by atoms with van der Waals surface area (Å²) in [4.78, 5) is 13.4. The van der Waals surface area contributed by atoms with E-state index in [0.29, 0.717) is 47.8 Å². The molecule has 1 atom stereocenters. The van der Waals surface area contributed by atoms with Crippen molar-refractivity contribution in [2.24, 2.45) is 11.8 Å². The molecule has 1 unspecified atom stereocenters. The van der Waals surface area contributed by atoms with E-state index < -0.39 is 11.9 Å². The molecule has 0 aromatic carbocycles. The molecule has 0 amide bonds. The van der Waals surface area contributed by atoms with Crippen LogP contribution in [0.3, 0.4) is 0 Å². The molecule has 0 bridgehead atoms. The van der Waals surface area contributed by atoms with Crippen molar-refractivity contribution in [3.8, 4) is 0 Å². The van der Waals surface area contributed by atoms with Gasteiger partial charge in [-0.2, -0.15) is 9.97 Å². The highest BCUT2D eigenvalue weighted by Crippen LogP contribution is 2.32. The number of aliphatic hydroxyl groups excluding tert-OH is 1. The highest BCUT2D eigenvalue weighted by molar-refractivity contribution is 5.64. The van der Waals surface area contributed by atoms with E-state index in [2.05, 4.69) is 34.1 Å². The summed E-state index contributed by atoms with van der Waals surface area (Å²) >= 11 is 0. The number of aromatic nitrogens is 3. The van der Waals surface area contributed by atoms with Crippen molar-refractivity contribution >= 4 is 11.5 Å². The molecular weight excluding hydrogens is 307 g/mol. The van der Waals surface area contributed by atoms with Crippen LogP contribution in [0.5, 0.6) is 0 Å². The van der Waals surface area contributed by atoms with Crippen molar-refractivity contribution in [2.75, 3.05) is 11.9 Å². The summed E-state index contributed by atoms with van der Waals surface area (Å²) in [5, 5.41) is 13.1. The second kappa shape index (κ2) is 7.55. The summed E-state index contributed by atoms with van der Waals surface area (Å²) in [6.45, 7) is 5.18. The predicted molar refractivity (Wildman–Crippen MR) is 92.1 cm³/mol. The highest BCUT2D eigenvalue weighted by atomic mass is 19.1. The number of allylic oxidation sites excluding steroid dienone is 1. The molecule has 1 aromatic heterocycles. The molecule has 132 valence electrons. The summed E-state index contributed by atoms with van der Waals surface area (Å²) in [5.74, 6) is 2.41. The minimum atomic E-state index is -1.02. The Hall–Kier alpha value is -1.56. The number of anilines is 1. The molecule has 0 spiro atoms. The number of nitrogens with one attached hydrogen (secondary N) is 1. The van der Waals surface area contributed by atoms with Gasteiger partial charge in [0.25, 0.3) is 0 Å². The van der Waals surface area contributed by atoms with E-state index in [-0.39, 0.29) is 0 Å². The Balaban J connectivity index is 1.86. The van der Waals surface area contributed by atoms with Gasteiger partial charge in [-0.25, -0.2) is 9.37 Å². The van der Waals surface area contributed by atoms with Crippen LogP contribution < -0.4 is 5.32 Å². The van der Waals surface area contributed by atoms with Crippen LogP contribution >= 0.6 is 0 Å². The van der Waals surface area contributed by atoms with Gasteiger partial charge < -0.3 is 10.4 Å². The lowest BCUT2D eigenvalue weighted by molar-refractivity contribution is 0.165. The zero-order valence-corrected chi connectivity index (χ0v) is 14.6. The van der Waals surface area contributed by atoms with Gasteiger partial charge in [-0.3, -0.25) is 0 Å². The van der Waals surface area contributed by atoms with Gasteiger partial charge in [-0.1, -0.05) is 13.8 Å². The molecule has 1 heterocycles. The highest BCUT2D eigenvalue weighted by Gasteiger charge is 2.25. The van der Waals surface area contributed by atoms with Gasteiger partial charge in [0.2, 0.25) is 5.95 Å². The molecule has 2 aliphatic rings. The molecular formula is C18H27FN4O. The molecule has 1 fully saturated rings. The molecule has 0 saturated heterocycles. The number of halogens is 1. The first-order chi connectivity index (χ1) is 11.5. The maximum Gasteiger partial charge on any atom is 0.226 e. The number of aryl methyl sites for hydroxylation is 1. The lowest BCUT2D eigenvalue weighted by atomic mass is 9.95. The Morgan fingerprint density at radius 2 is 2.00 bits per heavy atom. The molecule has 2 N–H and O–H groups in total. The van der Waals surface area contributed by atoms with Crippen LogP contribution in [0.2, 0.25) is 0 Å². The molecule has 1 aromatic rings. The topological polar surface area (TPSA) is 70.9 Å². The van der Waals surface area contributed by atoms with Crippen LogP contribution in [0.15, 0.2) is 5.83 Å². The summed E-state index contributed by atoms with van der Waals surface area (Å²) in [6.07, 6.45) is 4.99. The van der Waals surface area contributed by atoms with Crippen LogP contribution in [0.25, 0.3) is 5.57 Å². The van der Waals surface area contributed by atoms with Crippen molar-refractivity contribution in [3.63, 3.8) is 0 Å². The van der Waals surface area contributed by atoms with E-state index in [9.17, 15) is 9.50 Å². The molecule has 0 radical (unpaired) electrons. The van der Waals surface area contributed by atoms with Gasteiger partial charge in [-0.15, -0.1) is 0 Å². The Morgan fingerprint density at radius 3 is 2.71 bits per heavy atom. The molecule has 1 saturated carbocycles. The fourth-order valence-electron chi connectivity index (χ4n) is 2.86. The third-order valence-electron chi connectivity index (χ3n) is 4.63. The first-order valence-electron chi connectivity index (χ1n) is 9.08. The monoisotopic (exact) mass is 334 g/mol. The average Bonchev–Trinajstić information content (AvgIpc) is 3.38. The number of rotatable bonds is 7. The van der Waals surface area contributed by atoms with Crippen LogP contribution in [-0.2, 0) is 6.42 Å². The van der Waals surface area contributed by atoms with Crippen molar-refractivity contribution in [1.29, 1.82) is 0 Å². The first kappa shape index (κ1) is 17.3. The summed E-state index contributed by atoms with van der Waals surface area (Å²) in [7, 11) is 0. The fraction of sp³-hybridized carbons (Fsp3) is 0.722. The van der Waals surface area contributed by atoms with Crippen LogP contribution in [0.1, 0.15) is 64.0 Å². The predicted octanol–water partition coefficient (Wildman–Crippen LogP) is 3.51. The molecule has 0 aliphatic heterocycles. The Labute approximate surface area is 142 Å². The number of nitrogens with zero attached hydrogens (tertiary/aromatic N) is 3. The van der Waals surface area contributed by atoms with Gasteiger partial charge in [0, 0.05) is 18.5 Å². The zero-order valence-electron chi connectivity index (χ0n) is 14.6. The van der Waals surface area contributed by atoms with E-state index in [1.807, 2.05) is 0 Å². The number of aliphatic hydroxyl groups is 1. The van der Waals surface area contributed by atoms with Crippen molar-refractivity contribution < 1.29 is 9.50 Å². The minimum Gasteiger partial charge on any atom is -0.386 e. The third kappa shape index (κ3) is 4.50. The zero-order chi connectivity index (χ0) is 17.1. The second-order valence-electron chi connectivity index (χ2n) is 7.39. The quantitative estimate of drug-likeness (QED) is 0.798. The van der Waals surface area contributed by atoms with Gasteiger partial charge in [0.15, 0.2) is 5.82 Å². The Kier molecular flexibility index (Phi) is 5.43. The maximum atomic E-state index is 14.3. The standard InChI is InChI=1S/C18H27FN4O/c1-11(2)6-9-15-21-17(13-4-3-5-14(24)16(13)19)23-18(22-15)20-10-12-7-8-12/h11-12,14,24H,3-10H2,1-2H3,(H,20,21,22,23). The largest absolute Gasteiger partial charge is 0.386 e. The summed E-state index contributed by atoms with van der Waals surface area (Å²) < 4.78 is 14.3. The van der Waals surface area contributed by atoms with Crippen molar-refractivity contribution in [3.05, 3.63) is 17.5 Å². The smallest absolute Gasteiger partial charge is 0.226 e. The van der Waals surface area contributed by atoms with E-state index in [0.717, 1.165) is 25.8 Å². The molecule has 3 rings (SSSR count). The fourth-order valence-corrected chi connectivity index (χ4v) is 2.86. The number of hydrogen-bond donors (Lipinski definition) is 2. The normalized spacial score (nSPS) is 21.5. The minimum absolute atomic E-state index is 0.387. The lowest BCUT2D eigenvalue weighted by Gasteiger charge is -2.19. The maximum absolute atomic E-state index is 14.3. The van der Waals surface area contributed by atoms with Crippen LogP contribution in [-0.4, -0.2) is 32.7 Å². The SMILES string of the molecule is CC(C)CCc1nc(NCC2CC2)nc(C2=C(F)C(O)CCC2)n1. The van der Waals surface area contributed by atoms with E-state index in [1.54, 1.807) is 0 Å². The van der Waals surface area contributed by atoms with Gasteiger partial charge in [-0.05, 0) is 50.4 Å². The second-order valence-corrected chi connectivity index (χ2v) is 7.39.